The van der Waals surface area contributed by atoms with E-state index in [1.807, 2.05) is 0 Å². The molecule has 0 bridgehead atoms. The van der Waals surface area contributed by atoms with Crippen molar-refractivity contribution in [2.45, 2.75) is 0 Å². The van der Waals surface area contributed by atoms with Gasteiger partial charge < -0.3 is 14.8 Å². The Morgan fingerprint density at radius 3 is 2.63 bits per heavy atom. The van der Waals surface area contributed by atoms with Gasteiger partial charge in [0.15, 0.2) is 5.11 Å². The lowest BCUT2D eigenvalue weighted by molar-refractivity contribution is -0.384. The highest BCUT2D eigenvalue weighted by atomic mass is 32.1. The second kappa shape index (κ2) is 9.30. The van der Waals surface area contributed by atoms with E-state index in [1.165, 1.54) is 37.5 Å². The molecule has 0 spiro atoms. The van der Waals surface area contributed by atoms with Gasteiger partial charge in [0.1, 0.15) is 11.5 Å². The van der Waals surface area contributed by atoms with Gasteiger partial charge in [0, 0.05) is 24.3 Å². The van der Waals surface area contributed by atoms with E-state index in [-0.39, 0.29) is 10.8 Å². The van der Waals surface area contributed by atoms with Gasteiger partial charge in [0.2, 0.25) is 5.91 Å². The van der Waals surface area contributed by atoms with E-state index in [1.54, 1.807) is 31.4 Å². The van der Waals surface area contributed by atoms with Crippen molar-refractivity contribution in [1.29, 1.82) is 0 Å². The lowest BCUT2D eigenvalue weighted by Crippen LogP contribution is -2.32. The predicted molar refractivity (Wildman–Crippen MR) is 106 cm³/mol. The SMILES string of the molecule is COc1ccc(NC(=S)NC(=O)C=Cc2cccc([N+](=O)[O-])c2)c(OC)c1. The van der Waals surface area contributed by atoms with Crippen molar-refractivity contribution in [3.8, 4) is 11.5 Å². The minimum atomic E-state index is -0.501. The second-order valence-electron chi connectivity index (χ2n) is 5.20. The van der Waals surface area contributed by atoms with Gasteiger partial charge >= 0.3 is 0 Å². The Labute approximate surface area is 160 Å². The third kappa shape index (κ3) is 5.79. The van der Waals surface area contributed by atoms with Crippen molar-refractivity contribution < 1.29 is 19.2 Å². The number of ether oxygens (including phenoxy) is 2. The van der Waals surface area contributed by atoms with Gasteiger partial charge in [-0.1, -0.05) is 12.1 Å². The number of hydrogen-bond donors (Lipinski definition) is 2. The van der Waals surface area contributed by atoms with E-state index in [2.05, 4.69) is 10.6 Å². The Bertz CT molecular complexity index is 898. The highest BCUT2D eigenvalue weighted by molar-refractivity contribution is 7.80. The molecule has 2 N–H and O–H groups in total. The summed E-state index contributed by atoms with van der Waals surface area (Å²) in [6, 6.07) is 11.0. The number of nitro benzene ring substituents is 1. The summed E-state index contributed by atoms with van der Waals surface area (Å²) < 4.78 is 10.4. The predicted octanol–water partition coefficient (Wildman–Crippen LogP) is 3.14. The molecule has 27 heavy (non-hydrogen) atoms. The zero-order valence-corrected chi connectivity index (χ0v) is 15.4. The number of methoxy groups -OCH3 is 2. The van der Waals surface area contributed by atoms with E-state index >= 15 is 0 Å². The molecule has 0 saturated heterocycles. The van der Waals surface area contributed by atoms with Crippen molar-refractivity contribution in [2.24, 2.45) is 0 Å². The van der Waals surface area contributed by atoms with Gasteiger partial charge in [-0.15, -0.1) is 0 Å². The number of amides is 1. The molecule has 140 valence electrons. The number of anilines is 1. The first-order chi connectivity index (χ1) is 12.9. The van der Waals surface area contributed by atoms with Crippen LogP contribution in [0.25, 0.3) is 6.08 Å². The summed E-state index contributed by atoms with van der Waals surface area (Å²) in [5, 5.41) is 16.2. The smallest absolute Gasteiger partial charge is 0.270 e. The lowest BCUT2D eigenvalue weighted by Gasteiger charge is -2.13. The van der Waals surface area contributed by atoms with E-state index in [4.69, 9.17) is 21.7 Å². The molecule has 0 unspecified atom stereocenters. The molecule has 0 fully saturated rings. The Morgan fingerprint density at radius 1 is 1.19 bits per heavy atom. The van der Waals surface area contributed by atoms with Crippen LogP contribution in [-0.2, 0) is 4.79 Å². The third-order valence-electron chi connectivity index (χ3n) is 3.40. The van der Waals surface area contributed by atoms with E-state index in [0.29, 0.717) is 22.7 Å². The Kier molecular flexibility index (Phi) is 6.84. The molecule has 2 aromatic carbocycles. The van der Waals surface area contributed by atoms with Crippen LogP contribution < -0.4 is 20.1 Å². The topological polar surface area (TPSA) is 103 Å². The monoisotopic (exact) mass is 387 g/mol. The van der Waals surface area contributed by atoms with Crippen molar-refractivity contribution in [2.75, 3.05) is 19.5 Å². The maximum atomic E-state index is 12.0. The van der Waals surface area contributed by atoms with E-state index in [9.17, 15) is 14.9 Å². The van der Waals surface area contributed by atoms with Gasteiger partial charge in [0.25, 0.3) is 5.69 Å². The molecular weight excluding hydrogens is 370 g/mol. The number of carbonyl (C=O) groups excluding carboxylic acids is 1. The maximum absolute atomic E-state index is 12.0. The molecular formula is C18H17N3O5S. The van der Waals surface area contributed by atoms with Crippen molar-refractivity contribution in [3.05, 3.63) is 64.2 Å². The molecule has 0 aliphatic carbocycles. The molecule has 0 saturated carbocycles. The van der Waals surface area contributed by atoms with Crippen molar-refractivity contribution in [3.63, 3.8) is 0 Å². The fourth-order valence-electron chi connectivity index (χ4n) is 2.12. The largest absolute Gasteiger partial charge is 0.497 e. The molecule has 2 rings (SSSR count). The Balaban J connectivity index is 1.99. The third-order valence-corrected chi connectivity index (χ3v) is 3.61. The molecule has 0 radical (unpaired) electrons. The standard InChI is InChI=1S/C18H17N3O5S/c1-25-14-7-8-15(16(11-14)26-2)19-18(27)20-17(22)9-6-12-4-3-5-13(10-12)21(23)24/h3-11H,1-2H3,(H2,19,20,22,27). The van der Waals surface area contributed by atoms with Crippen LogP contribution in [0.4, 0.5) is 11.4 Å². The Hall–Kier alpha value is -3.46. The first-order valence-corrected chi connectivity index (χ1v) is 8.10. The van der Waals surface area contributed by atoms with Gasteiger partial charge in [0.05, 0.1) is 24.8 Å². The number of benzene rings is 2. The van der Waals surface area contributed by atoms with Crippen molar-refractivity contribution in [1.82, 2.24) is 5.32 Å². The molecule has 9 heteroatoms. The van der Waals surface area contributed by atoms with Crippen LogP contribution in [0.2, 0.25) is 0 Å². The lowest BCUT2D eigenvalue weighted by atomic mass is 10.2. The van der Waals surface area contributed by atoms with Gasteiger partial charge in [-0.3, -0.25) is 20.2 Å². The van der Waals surface area contributed by atoms with Crippen LogP contribution in [0.1, 0.15) is 5.56 Å². The molecule has 1 amide bonds. The first kappa shape index (κ1) is 19.9. The summed E-state index contributed by atoms with van der Waals surface area (Å²) in [5.41, 5.74) is 1.03. The highest BCUT2D eigenvalue weighted by Crippen LogP contribution is 2.28. The zero-order chi connectivity index (χ0) is 19.8. The summed E-state index contributed by atoms with van der Waals surface area (Å²) >= 11 is 5.11. The minimum absolute atomic E-state index is 0.0543. The van der Waals surface area contributed by atoms with E-state index in [0.717, 1.165) is 0 Å². The summed E-state index contributed by atoms with van der Waals surface area (Å²) in [4.78, 5) is 22.2. The summed E-state index contributed by atoms with van der Waals surface area (Å²) in [7, 11) is 3.05. The number of thiocarbonyl (C=S) groups is 1. The zero-order valence-electron chi connectivity index (χ0n) is 14.6. The molecule has 8 nitrogen and oxygen atoms in total. The molecule has 2 aromatic rings. The average molecular weight is 387 g/mol. The van der Waals surface area contributed by atoms with Gasteiger partial charge in [-0.05, 0) is 36.0 Å². The summed E-state index contributed by atoms with van der Waals surface area (Å²) in [5.74, 6) is 0.636. The maximum Gasteiger partial charge on any atom is 0.270 e. The molecule has 0 atom stereocenters. The number of nitro groups is 1. The summed E-state index contributed by atoms with van der Waals surface area (Å²) in [6.45, 7) is 0. The molecule has 0 aromatic heterocycles. The first-order valence-electron chi connectivity index (χ1n) is 7.69. The second-order valence-corrected chi connectivity index (χ2v) is 5.60. The van der Waals surface area contributed by atoms with Crippen LogP contribution in [0.3, 0.4) is 0 Å². The van der Waals surface area contributed by atoms with Crippen LogP contribution in [0.15, 0.2) is 48.5 Å². The number of rotatable bonds is 6. The number of nitrogens with zero attached hydrogens (tertiary/aromatic N) is 1. The van der Waals surface area contributed by atoms with Gasteiger partial charge in [-0.25, -0.2) is 0 Å². The van der Waals surface area contributed by atoms with E-state index < -0.39 is 10.8 Å². The summed E-state index contributed by atoms with van der Waals surface area (Å²) in [6.07, 6.45) is 2.69. The fraction of sp³-hybridized carbons (Fsp3) is 0.111. The average Bonchev–Trinajstić information content (AvgIpc) is 2.66. The quantitative estimate of drug-likeness (QED) is 0.340. The van der Waals surface area contributed by atoms with Crippen LogP contribution in [0.5, 0.6) is 11.5 Å². The number of carbonyl (C=O) groups is 1. The highest BCUT2D eigenvalue weighted by Gasteiger charge is 2.08. The van der Waals surface area contributed by atoms with Crippen LogP contribution in [0, 0.1) is 10.1 Å². The number of nitrogens with one attached hydrogen (secondary N) is 2. The number of hydrogen-bond acceptors (Lipinski definition) is 6. The fourth-order valence-corrected chi connectivity index (χ4v) is 2.33. The molecule has 0 heterocycles. The van der Waals surface area contributed by atoms with Crippen LogP contribution in [-0.4, -0.2) is 30.2 Å². The molecule has 0 aliphatic rings. The van der Waals surface area contributed by atoms with Gasteiger partial charge in [-0.2, -0.15) is 0 Å². The van der Waals surface area contributed by atoms with Crippen LogP contribution >= 0.6 is 12.2 Å². The number of non-ortho nitro benzene ring substituents is 1. The van der Waals surface area contributed by atoms with Crippen molar-refractivity contribution >= 4 is 40.7 Å². The molecule has 0 aliphatic heterocycles. The normalized spacial score (nSPS) is 10.3. The Morgan fingerprint density at radius 2 is 1.96 bits per heavy atom. The minimum Gasteiger partial charge on any atom is -0.497 e.